The highest BCUT2D eigenvalue weighted by molar-refractivity contribution is 7.80. The van der Waals surface area contributed by atoms with E-state index in [0.29, 0.717) is 6.04 Å². The summed E-state index contributed by atoms with van der Waals surface area (Å²) in [6.07, 6.45) is 9.93. The molecule has 2 aliphatic carbocycles. The van der Waals surface area contributed by atoms with E-state index in [1.54, 1.807) is 7.11 Å². The lowest BCUT2D eigenvalue weighted by Gasteiger charge is -2.47. The maximum Gasteiger partial charge on any atom is 0.129 e. The zero-order chi connectivity index (χ0) is 18.1. The van der Waals surface area contributed by atoms with Crippen molar-refractivity contribution in [2.24, 2.45) is 11.8 Å². The third kappa shape index (κ3) is 3.63. The van der Waals surface area contributed by atoms with Gasteiger partial charge in [-0.25, -0.2) is 0 Å². The van der Waals surface area contributed by atoms with Gasteiger partial charge in [-0.3, -0.25) is 4.90 Å². The summed E-state index contributed by atoms with van der Waals surface area (Å²) in [5.41, 5.74) is 2.21. The normalized spacial score (nSPS) is 31.6. The molecule has 1 heterocycles. The quantitative estimate of drug-likeness (QED) is 0.796. The maximum atomic E-state index is 5.72. The fraction of sp³-hybridized carbons (Fsp3) is 0.682. The van der Waals surface area contributed by atoms with Crippen molar-refractivity contribution in [2.45, 2.75) is 64.0 Å². The van der Waals surface area contributed by atoms with Gasteiger partial charge in [0.2, 0.25) is 0 Å². The predicted molar refractivity (Wildman–Crippen MR) is 111 cm³/mol. The van der Waals surface area contributed by atoms with Gasteiger partial charge < -0.3 is 10.1 Å². The lowest BCUT2D eigenvalue weighted by Crippen LogP contribution is -2.50. The monoisotopic (exact) mass is 372 g/mol. The van der Waals surface area contributed by atoms with Crippen LogP contribution in [0.1, 0.15) is 56.1 Å². The van der Waals surface area contributed by atoms with Crippen LogP contribution in [-0.4, -0.2) is 42.2 Å². The number of fused-ring (bicyclic) bond motifs is 2. The minimum atomic E-state index is 0.469. The molecule has 2 saturated carbocycles. The molecule has 0 spiro atoms. The Hall–Kier alpha value is -1.13. The molecule has 1 atom stereocenters. The van der Waals surface area contributed by atoms with Crippen LogP contribution in [0.5, 0.6) is 5.75 Å². The van der Waals surface area contributed by atoms with E-state index in [0.717, 1.165) is 40.7 Å². The van der Waals surface area contributed by atoms with Crippen molar-refractivity contribution in [1.82, 2.24) is 10.2 Å². The second-order valence-electron chi connectivity index (χ2n) is 8.53. The fourth-order valence-corrected chi connectivity index (χ4v) is 6.00. The Morgan fingerprint density at radius 3 is 2.46 bits per heavy atom. The number of thiocarbonyl (C=S) groups is 1. The SMILES string of the molecule is COc1cc(C)ccc1C(=S)NC1CCN(C2C3CCCC2CCC3)C1. The smallest absolute Gasteiger partial charge is 0.129 e. The Morgan fingerprint density at radius 2 is 1.81 bits per heavy atom. The molecule has 1 unspecified atom stereocenters. The number of rotatable bonds is 4. The maximum absolute atomic E-state index is 5.72. The highest BCUT2D eigenvalue weighted by Gasteiger charge is 2.41. The van der Waals surface area contributed by atoms with Crippen LogP contribution in [0.15, 0.2) is 18.2 Å². The first-order valence-electron chi connectivity index (χ1n) is 10.4. The van der Waals surface area contributed by atoms with E-state index in [1.807, 2.05) is 0 Å². The summed E-state index contributed by atoms with van der Waals surface area (Å²) in [6.45, 7) is 4.45. The molecule has 4 heteroatoms. The summed E-state index contributed by atoms with van der Waals surface area (Å²) in [5.74, 6) is 2.77. The van der Waals surface area contributed by atoms with Gasteiger partial charge in [0.15, 0.2) is 0 Å². The first-order chi connectivity index (χ1) is 12.7. The molecule has 1 aliphatic heterocycles. The van der Waals surface area contributed by atoms with Crippen LogP contribution < -0.4 is 10.1 Å². The van der Waals surface area contributed by atoms with Gasteiger partial charge in [0.25, 0.3) is 0 Å². The van der Waals surface area contributed by atoms with E-state index < -0.39 is 0 Å². The molecule has 3 nitrogen and oxygen atoms in total. The minimum Gasteiger partial charge on any atom is -0.496 e. The van der Waals surface area contributed by atoms with Crippen molar-refractivity contribution in [3.63, 3.8) is 0 Å². The van der Waals surface area contributed by atoms with Gasteiger partial charge in [-0.1, -0.05) is 31.1 Å². The first-order valence-corrected chi connectivity index (χ1v) is 10.8. The molecule has 2 bridgehead atoms. The van der Waals surface area contributed by atoms with Crippen LogP contribution in [0.25, 0.3) is 0 Å². The molecule has 142 valence electrons. The van der Waals surface area contributed by atoms with Crippen molar-refractivity contribution in [1.29, 1.82) is 0 Å². The number of aryl methyl sites for hydroxylation is 1. The van der Waals surface area contributed by atoms with Crippen LogP contribution >= 0.6 is 12.2 Å². The highest BCUT2D eigenvalue weighted by atomic mass is 32.1. The molecule has 26 heavy (non-hydrogen) atoms. The van der Waals surface area contributed by atoms with Crippen LogP contribution in [-0.2, 0) is 0 Å². The van der Waals surface area contributed by atoms with Crippen molar-refractivity contribution < 1.29 is 4.74 Å². The Labute approximate surface area is 163 Å². The number of ether oxygens (including phenoxy) is 1. The van der Waals surface area contributed by atoms with Crippen molar-refractivity contribution in [3.05, 3.63) is 29.3 Å². The minimum absolute atomic E-state index is 0.469. The molecule has 0 aromatic heterocycles. The van der Waals surface area contributed by atoms with E-state index in [4.69, 9.17) is 17.0 Å². The molecule has 0 amide bonds. The van der Waals surface area contributed by atoms with Crippen LogP contribution in [0, 0.1) is 18.8 Å². The van der Waals surface area contributed by atoms with E-state index in [2.05, 4.69) is 35.3 Å². The Bertz CT molecular complexity index is 640. The molecule has 3 fully saturated rings. The van der Waals surface area contributed by atoms with Crippen molar-refractivity contribution in [3.8, 4) is 5.75 Å². The third-order valence-electron chi connectivity index (χ3n) is 6.84. The van der Waals surface area contributed by atoms with Crippen molar-refractivity contribution in [2.75, 3.05) is 20.2 Å². The highest BCUT2D eigenvalue weighted by Crippen LogP contribution is 2.43. The molecular formula is C22H32N2OS. The van der Waals surface area contributed by atoms with E-state index in [-0.39, 0.29) is 0 Å². The van der Waals surface area contributed by atoms with Crippen LogP contribution in [0.3, 0.4) is 0 Å². The Kier molecular flexibility index (Phi) is 5.51. The van der Waals surface area contributed by atoms with Crippen LogP contribution in [0.4, 0.5) is 0 Å². The first kappa shape index (κ1) is 18.2. The average Bonchev–Trinajstić information content (AvgIpc) is 3.08. The predicted octanol–water partition coefficient (Wildman–Crippen LogP) is 4.31. The number of nitrogens with zero attached hydrogens (tertiary/aromatic N) is 1. The standard InChI is InChI=1S/C22H32N2OS/c1-15-9-10-19(20(13-15)25-2)22(26)23-18-11-12-24(14-18)21-16-5-3-6-17(21)8-4-7-16/h9-10,13,16-18,21H,3-8,11-12,14H2,1-2H3,(H,23,26). The Balaban J connectivity index is 1.39. The third-order valence-corrected chi connectivity index (χ3v) is 7.18. The van der Waals surface area contributed by atoms with Gasteiger partial charge >= 0.3 is 0 Å². The van der Waals surface area contributed by atoms with E-state index in [1.165, 1.54) is 57.1 Å². The van der Waals surface area contributed by atoms with Gasteiger partial charge in [-0.15, -0.1) is 0 Å². The lowest BCUT2D eigenvalue weighted by atomic mass is 9.68. The lowest BCUT2D eigenvalue weighted by molar-refractivity contribution is 0.0350. The summed E-state index contributed by atoms with van der Waals surface area (Å²) in [6, 6.07) is 7.56. The molecule has 1 N–H and O–H groups in total. The number of nitrogens with one attached hydrogen (secondary N) is 1. The largest absolute Gasteiger partial charge is 0.496 e. The molecule has 4 rings (SSSR count). The van der Waals surface area contributed by atoms with Gasteiger partial charge in [0.1, 0.15) is 10.7 Å². The zero-order valence-electron chi connectivity index (χ0n) is 16.2. The molecule has 3 aliphatic rings. The average molecular weight is 373 g/mol. The molecule has 1 saturated heterocycles. The van der Waals surface area contributed by atoms with Gasteiger partial charge in [-0.05, 0) is 68.6 Å². The molecular weight excluding hydrogens is 340 g/mol. The number of benzene rings is 1. The molecule has 1 aromatic rings. The summed E-state index contributed by atoms with van der Waals surface area (Å²) >= 11 is 5.72. The van der Waals surface area contributed by atoms with E-state index >= 15 is 0 Å². The molecule has 0 radical (unpaired) electrons. The summed E-state index contributed by atoms with van der Waals surface area (Å²) in [5, 5.41) is 3.63. The van der Waals surface area contributed by atoms with Crippen molar-refractivity contribution >= 4 is 17.2 Å². The topological polar surface area (TPSA) is 24.5 Å². The Morgan fingerprint density at radius 1 is 1.12 bits per heavy atom. The van der Waals surface area contributed by atoms with Gasteiger partial charge in [-0.2, -0.15) is 0 Å². The van der Waals surface area contributed by atoms with Gasteiger partial charge in [0.05, 0.1) is 12.7 Å². The molecule has 1 aromatic carbocycles. The van der Waals surface area contributed by atoms with Gasteiger partial charge in [0, 0.05) is 25.2 Å². The summed E-state index contributed by atoms with van der Waals surface area (Å²) < 4.78 is 5.54. The van der Waals surface area contributed by atoms with Crippen LogP contribution in [0.2, 0.25) is 0 Å². The number of hydrogen-bond acceptors (Lipinski definition) is 3. The van der Waals surface area contributed by atoms with E-state index in [9.17, 15) is 0 Å². The second-order valence-corrected chi connectivity index (χ2v) is 8.94. The number of methoxy groups -OCH3 is 1. The second kappa shape index (κ2) is 7.85. The number of hydrogen-bond donors (Lipinski definition) is 1. The fourth-order valence-electron chi connectivity index (χ4n) is 5.66. The number of likely N-dealkylation sites (tertiary alicyclic amines) is 1. The summed E-state index contributed by atoms with van der Waals surface area (Å²) in [4.78, 5) is 3.62. The zero-order valence-corrected chi connectivity index (χ0v) is 17.0. The summed E-state index contributed by atoms with van der Waals surface area (Å²) in [7, 11) is 1.72.